The molecule has 35 heavy (non-hydrogen) atoms. The summed E-state index contributed by atoms with van der Waals surface area (Å²) in [5.74, 6) is 0.485. The summed E-state index contributed by atoms with van der Waals surface area (Å²) in [6.07, 6.45) is 8.20. The number of hydrogen-bond acceptors (Lipinski definition) is 7. The second-order valence-electron chi connectivity index (χ2n) is 9.68. The second kappa shape index (κ2) is 9.39. The van der Waals surface area contributed by atoms with Crippen molar-refractivity contribution in [3.63, 3.8) is 0 Å². The summed E-state index contributed by atoms with van der Waals surface area (Å²) in [6.45, 7) is 6.92. The van der Waals surface area contributed by atoms with E-state index in [1.807, 2.05) is 61.7 Å². The number of aromatic nitrogens is 2. The number of rotatable bonds is 4. The molecule has 9 nitrogen and oxygen atoms in total. The third-order valence-electron chi connectivity index (χ3n) is 5.95. The smallest absolute Gasteiger partial charge is 0.410 e. The number of allylic oxidation sites excluding steroid dienone is 1. The molecule has 1 fully saturated rings. The highest BCUT2D eigenvalue weighted by molar-refractivity contribution is 6.33. The van der Waals surface area contributed by atoms with Crippen LogP contribution in [0.3, 0.4) is 0 Å². The van der Waals surface area contributed by atoms with Crippen LogP contribution in [0.25, 0.3) is 22.8 Å². The monoisotopic (exact) mass is 496 g/mol. The predicted molar refractivity (Wildman–Crippen MR) is 135 cm³/mol. The molecule has 0 saturated carbocycles. The Morgan fingerprint density at radius 2 is 2.03 bits per heavy atom. The molecule has 3 aromatic rings. The summed E-state index contributed by atoms with van der Waals surface area (Å²) in [7, 11) is 0. The number of ether oxygens (including phenoxy) is 1. The maximum Gasteiger partial charge on any atom is 0.410 e. The Balaban J connectivity index is 1.28. The molecule has 2 N–H and O–H groups in total. The van der Waals surface area contributed by atoms with Gasteiger partial charge in [0.2, 0.25) is 0 Å². The molecule has 0 aliphatic carbocycles. The van der Waals surface area contributed by atoms with Crippen molar-refractivity contribution in [1.82, 2.24) is 24.9 Å². The van der Waals surface area contributed by atoms with E-state index in [4.69, 9.17) is 20.8 Å². The molecule has 2 aromatic heterocycles. The van der Waals surface area contributed by atoms with E-state index in [2.05, 4.69) is 20.6 Å². The predicted octanol–water partition coefficient (Wildman–Crippen LogP) is 4.54. The number of piperidine rings is 1. The Labute approximate surface area is 208 Å². The number of likely N-dealkylation sites (tertiary alicyclic amines) is 1. The summed E-state index contributed by atoms with van der Waals surface area (Å²) in [5, 5.41) is 7.66. The first-order chi connectivity index (χ1) is 16.8. The average Bonchev–Trinajstić information content (AvgIpc) is 3.40. The molecule has 1 amide bonds. The highest BCUT2D eigenvalue weighted by Crippen LogP contribution is 2.34. The van der Waals surface area contributed by atoms with Crippen LogP contribution in [0.2, 0.25) is 5.02 Å². The van der Waals surface area contributed by atoms with Crippen molar-refractivity contribution in [2.45, 2.75) is 51.5 Å². The van der Waals surface area contributed by atoms with Crippen molar-refractivity contribution in [2.24, 2.45) is 4.99 Å². The van der Waals surface area contributed by atoms with Crippen molar-refractivity contribution < 1.29 is 13.9 Å². The fraction of sp³-hybridized carbons (Fsp3) is 0.400. The number of imidazole rings is 1. The van der Waals surface area contributed by atoms with Gasteiger partial charge in [-0.25, -0.2) is 4.79 Å². The lowest BCUT2D eigenvalue weighted by Gasteiger charge is -2.35. The first-order valence-electron chi connectivity index (χ1n) is 11.7. The van der Waals surface area contributed by atoms with Gasteiger partial charge in [-0.3, -0.25) is 14.7 Å². The SMILES string of the molecule is CC(C)(C)OC(=O)N1CCC(NC2N=CC=C(c3c(-c4ccccc4Cl)nc4occn34)N2)CC1. The van der Waals surface area contributed by atoms with Gasteiger partial charge in [0, 0.05) is 37.1 Å². The zero-order valence-electron chi connectivity index (χ0n) is 20.0. The summed E-state index contributed by atoms with van der Waals surface area (Å²) in [6, 6.07) is 7.83. The zero-order chi connectivity index (χ0) is 24.6. The summed E-state index contributed by atoms with van der Waals surface area (Å²) in [5.41, 5.74) is 2.76. The maximum atomic E-state index is 12.4. The standard InChI is InChI=1S/C25H29ClN6O3/c1-25(2,3)35-24(33)31-12-9-16(10-13-31)28-22-27-11-8-19(29-22)21-20(17-6-4-5-7-18(17)26)30-23-32(21)14-15-34-23/h4-8,11,14-16,22,28-29H,9-10,12-13H2,1-3H3. The Morgan fingerprint density at radius 3 is 2.77 bits per heavy atom. The molecular formula is C25H29ClN6O3. The van der Waals surface area contributed by atoms with Crippen LogP contribution >= 0.6 is 11.6 Å². The van der Waals surface area contributed by atoms with Gasteiger partial charge in [0.15, 0.2) is 6.29 Å². The van der Waals surface area contributed by atoms with E-state index >= 15 is 0 Å². The minimum atomic E-state index is -0.493. The van der Waals surface area contributed by atoms with Crippen molar-refractivity contribution in [1.29, 1.82) is 0 Å². The van der Waals surface area contributed by atoms with Crippen LogP contribution in [0.1, 0.15) is 39.3 Å². The molecule has 5 rings (SSSR count). The quantitative estimate of drug-likeness (QED) is 0.550. The van der Waals surface area contributed by atoms with E-state index in [1.165, 1.54) is 0 Å². The molecule has 184 valence electrons. The molecular weight excluding hydrogens is 468 g/mol. The third-order valence-corrected chi connectivity index (χ3v) is 6.28. The van der Waals surface area contributed by atoms with Crippen LogP contribution in [0, 0.1) is 0 Å². The molecule has 4 heterocycles. The Bertz CT molecular complexity index is 1280. The second-order valence-corrected chi connectivity index (χ2v) is 10.1. The van der Waals surface area contributed by atoms with E-state index in [0.29, 0.717) is 24.0 Å². The Morgan fingerprint density at radius 1 is 1.26 bits per heavy atom. The van der Waals surface area contributed by atoms with Gasteiger partial charge in [-0.15, -0.1) is 0 Å². The van der Waals surface area contributed by atoms with Gasteiger partial charge in [0.25, 0.3) is 0 Å². The number of halogens is 1. The van der Waals surface area contributed by atoms with Crippen molar-refractivity contribution in [2.75, 3.05) is 13.1 Å². The molecule has 0 bridgehead atoms. The average molecular weight is 497 g/mol. The molecule has 10 heteroatoms. The molecule has 1 unspecified atom stereocenters. The van der Waals surface area contributed by atoms with Gasteiger partial charge in [-0.05, 0) is 45.8 Å². The minimum Gasteiger partial charge on any atom is -0.444 e. The van der Waals surface area contributed by atoms with Gasteiger partial charge < -0.3 is 19.4 Å². The van der Waals surface area contributed by atoms with E-state index in [1.54, 1.807) is 17.4 Å². The molecule has 2 aliphatic heterocycles. The first-order valence-corrected chi connectivity index (χ1v) is 12.1. The van der Waals surface area contributed by atoms with Gasteiger partial charge in [-0.1, -0.05) is 29.8 Å². The highest BCUT2D eigenvalue weighted by Gasteiger charge is 2.29. The van der Waals surface area contributed by atoms with Crippen LogP contribution in [-0.4, -0.2) is 57.6 Å². The number of carbonyl (C=O) groups is 1. The number of nitrogens with one attached hydrogen (secondary N) is 2. The Kier molecular flexibility index (Phi) is 6.29. The first kappa shape index (κ1) is 23.4. The molecule has 0 spiro atoms. The highest BCUT2D eigenvalue weighted by atomic mass is 35.5. The maximum absolute atomic E-state index is 12.4. The number of benzene rings is 1. The number of hydrogen-bond donors (Lipinski definition) is 2. The molecule has 1 atom stereocenters. The topological polar surface area (TPSA) is 96.4 Å². The molecule has 0 radical (unpaired) electrons. The van der Waals surface area contributed by atoms with E-state index in [-0.39, 0.29) is 18.4 Å². The number of oxazole rings is 1. The lowest BCUT2D eigenvalue weighted by Crippen LogP contribution is -2.52. The van der Waals surface area contributed by atoms with Crippen LogP contribution in [0.4, 0.5) is 4.79 Å². The number of fused-ring (bicyclic) bond motifs is 1. The number of amides is 1. The minimum absolute atomic E-state index is 0.213. The van der Waals surface area contributed by atoms with Gasteiger partial charge in [0.1, 0.15) is 17.6 Å². The number of aliphatic imine (C=N–C) groups is 1. The lowest BCUT2D eigenvalue weighted by molar-refractivity contribution is 0.0195. The number of carbonyl (C=O) groups excluding carboxylic acids is 1. The molecule has 2 aliphatic rings. The van der Waals surface area contributed by atoms with Gasteiger partial charge >= 0.3 is 11.9 Å². The van der Waals surface area contributed by atoms with Crippen LogP contribution in [0.15, 0.2) is 52.2 Å². The van der Waals surface area contributed by atoms with Crippen molar-refractivity contribution >= 4 is 35.4 Å². The van der Waals surface area contributed by atoms with Gasteiger partial charge in [-0.2, -0.15) is 4.98 Å². The molecule has 1 saturated heterocycles. The largest absolute Gasteiger partial charge is 0.444 e. The van der Waals surface area contributed by atoms with Gasteiger partial charge in [0.05, 0.1) is 16.4 Å². The summed E-state index contributed by atoms with van der Waals surface area (Å²) in [4.78, 5) is 23.4. The summed E-state index contributed by atoms with van der Waals surface area (Å²) >= 11 is 6.50. The fourth-order valence-corrected chi connectivity index (χ4v) is 4.56. The van der Waals surface area contributed by atoms with Crippen molar-refractivity contribution in [3.05, 3.63) is 53.5 Å². The van der Waals surface area contributed by atoms with Crippen LogP contribution in [-0.2, 0) is 4.74 Å². The summed E-state index contributed by atoms with van der Waals surface area (Å²) < 4.78 is 13.0. The van der Waals surface area contributed by atoms with Crippen LogP contribution < -0.4 is 10.6 Å². The van der Waals surface area contributed by atoms with Crippen molar-refractivity contribution in [3.8, 4) is 11.3 Å². The van der Waals surface area contributed by atoms with Crippen LogP contribution in [0.5, 0.6) is 0 Å². The zero-order valence-corrected chi connectivity index (χ0v) is 20.7. The van der Waals surface area contributed by atoms with E-state index < -0.39 is 5.60 Å². The molecule has 1 aromatic carbocycles. The van der Waals surface area contributed by atoms with E-state index in [9.17, 15) is 4.79 Å². The lowest BCUT2D eigenvalue weighted by atomic mass is 10.1. The third kappa shape index (κ3) is 5.06. The fourth-order valence-electron chi connectivity index (χ4n) is 4.33. The number of nitrogens with zero attached hydrogens (tertiary/aromatic N) is 4. The Hall–Kier alpha value is -3.30. The van der Waals surface area contributed by atoms with E-state index in [0.717, 1.165) is 35.5 Å². The normalized spacial score (nSPS) is 19.0.